The third kappa shape index (κ3) is 5.85. The van der Waals surface area contributed by atoms with Crippen LogP contribution in [0.4, 0.5) is 11.5 Å². The van der Waals surface area contributed by atoms with E-state index in [-0.39, 0.29) is 5.91 Å². The zero-order chi connectivity index (χ0) is 18.4. The van der Waals surface area contributed by atoms with E-state index in [0.29, 0.717) is 39.6 Å². The smallest absolute Gasteiger partial charge is 0.270 e. The molecule has 8 heteroatoms. The monoisotopic (exact) mass is 381 g/mol. The Hall–Kier alpha value is -1.89. The fourth-order valence-corrected chi connectivity index (χ4v) is 2.52. The van der Waals surface area contributed by atoms with Gasteiger partial charge in [-0.3, -0.25) is 4.79 Å². The van der Waals surface area contributed by atoms with Crippen LogP contribution in [0, 0.1) is 6.92 Å². The van der Waals surface area contributed by atoms with Gasteiger partial charge in [-0.25, -0.2) is 9.97 Å². The average molecular weight is 382 g/mol. The molecule has 6 nitrogen and oxygen atoms in total. The molecule has 0 saturated carbocycles. The van der Waals surface area contributed by atoms with Gasteiger partial charge in [-0.15, -0.1) is 0 Å². The Morgan fingerprint density at radius 2 is 2.00 bits per heavy atom. The van der Waals surface area contributed by atoms with Gasteiger partial charge in [0.1, 0.15) is 17.3 Å². The summed E-state index contributed by atoms with van der Waals surface area (Å²) >= 11 is 12.2. The first-order valence-electron chi connectivity index (χ1n) is 7.86. The lowest BCUT2D eigenvalue weighted by molar-refractivity contribution is 0.0947. The van der Waals surface area contributed by atoms with Gasteiger partial charge in [0.2, 0.25) is 0 Å². The van der Waals surface area contributed by atoms with E-state index in [4.69, 9.17) is 23.2 Å². The van der Waals surface area contributed by atoms with Crippen molar-refractivity contribution in [3.05, 3.63) is 45.8 Å². The first-order chi connectivity index (χ1) is 11.9. The summed E-state index contributed by atoms with van der Waals surface area (Å²) < 4.78 is 0. The van der Waals surface area contributed by atoms with Gasteiger partial charge in [0.05, 0.1) is 15.7 Å². The SMILES string of the molecule is Cc1nc(Nc2cccc(Cl)c2Cl)cc(C(=O)NCCCN(C)C)n1. The lowest BCUT2D eigenvalue weighted by Gasteiger charge is -2.12. The Morgan fingerprint density at radius 1 is 1.24 bits per heavy atom. The third-order valence-electron chi connectivity index (χ3n) is 3.35. The number of amides is 1. The number of nitrogens with one attached hydrogen (secondary N) is 2. The zero-order valence-corrected chi connectivity index (χ0v) is 15.9. The number of aryl methyl sites for hydroxylation is 1. The second kappa shape index (κ2) is 8.99. The van der Waals surface area contributed by atoms with Gasteiger partial charge in [0, 0.05) is 12.6 Å². The van der Waals surface area contributed by atoms with Crippen molar-refractivity contribution in [2.45, 2.75) is 13.3 Å². The molecule has 0 aliphatic rings. The second-order valence-corrected chi connectivity index (χ2v) is 6.61. The number of carbonyl (C=O) groups is 1. The van der Waals surface area contributed by atoms with Crippen molar-refractivity contribution in [2.24, 2.45) is 0 Å². The third-order valence-corrected chi connectivity index (χ3v) is 4.17. The zero-order valence-electron chi connectivity index (χ0n) is 14.4. The molecule has 0 aliphatic heterocycles. The molecule has 0 saturated heterocycles. The van der Waals surface area contributed by atoms with E-state index in [1.165, 1.54) is 0 Å². The number of hydrogen-bond acceptors (Lipinski definition) is 5. The predicted molar refractivity (Wildman–Crippen MR) is 102 cm³/mol. The normalized spacial score (nSPS) is 10.8. The summed E-state index contributed by atoms with van der Waals surface area (Å²) in [5.41, 5.74) is 0.919. The Bertz CT molecular complexity index is 752. The van der Waals surface area contributed by atoms with E-state index in [1.54, 1.807) is 31.2 Å². The minimum atomic E-state index is -0.232. The fraction of sp³-hybridized carbons (Fsp3) is 0.353. The molecule has 2 aromatic rings. The van der Waals surface area contributed by atoms with E-state index in [1.807, 2.05) is 14.1 Å². The minimum Gasteiger partial charge on any atom is -0.351 e. The number of aromatic nitrogens is 2. The Morgan fingerprint density at radius 3 is 2.72 bits per heavy atom. The number of halogens is 2. The van der Waals surface area contributed by atoms with Crippen molar-refractivity contribution in [1.29, 1.82) is 0 Å². The van der Waals surface area contributed by atoms with Gasteiger partial charge in [0.15, 0.2) is 0 Å². The molecule has 0 atom stereocenters. The Labute approximate surface area is 157 Å². The molecule has 1 aromatic carbocycles. The summed E-state index contributed by atoms with van der Waals surface area (Å²) in [6.07, 6.45) is 0.867. The van der Waals surface area contributed by atoms with Crippen molar-refractivity contribution in [1.82, 2.24) is 20.2 Å². The summed E-state index contributed by atoms with van der Waals surface area (Å²) in [6.45, 7) is 3.22. The molecule has 1 aromatic heterocycles. The highest BCUT2D eigenvalue weighted by molar-refractivity contribution is 6.43. The molecule has 0 radical (unpaired) electrons. The summed E-state index contributed by atoms with van der Waals surface area (Å²) in [6, 6.07) is 6.86. The number of benzene rings is 1. The minimum absolute atomic E-state index is 0.232. The van der Waals surface area contributed by atoms with Gasteiger partial charge in [-0.1, -0.05) is 29.3 Å². The number of carbonyl (C=O) groups excluding carboxylic acids is 1. The number of rotatable bonds is 7. The standard InChI is InChI=1S/C17H21Cl2N5O/c1-11-21-14(17(25)20-8-5-9-24(2)3)10-15(22-11)23-13-7-4-6-12(18)16(13)19/h4,6-7,10H,5,8-9H2,1-3H3,(H,20,25)(H,21,22,23). The number of hydrogen-bond donors (Lipinski definition) is 2. The van der Waals surface area contributed by atoms with Crippen LogP contribution in [0.2, 0.25) is 10.0 Å². The van der Waals surface area contributed by atoms with Gasteiger partial charge in [-0.2, -0.15) is 0 Å². The lowest BCUT2D eigenvalue weighted by Crippen LogP contribution is -2.28. The molecular formula is C17H21Cl2N5O. The molecule has 0 aliphatic carbocycles. The summed E-state index contributed by atoms with van der Waals surface area (Å²) in [4.78, 5) is 22.8. The molecule has 0 spiro atoms. The van der Waals surface area contributed by atoms with Crippen LogP contribution in [0.15, 0.2) is 24.3 Å². The number of nitrogens with zero attached hydrogens (tertiary/aromatic N) is 3. The highest BCUT2D eigenvalue weighted by Gasteiger charge is 2.12. The van der Waals surface area contributed by atoms with Gasteiger partial charge in [-0.05, 0) is 46.1 Å². The summed E-state index contributed by atoms with van der Waals surface area (Å²) in [5, 5.41) is 6.78. The molecule has 134 valence electrons. The molecule has 0 unspecified atom stereocenters. The maximum Gasteiger partial charge on any atom is 0.270 e. The highest BCUT2D eigenvalue weighted by Crippen LogP contribution is 2.31. The van der Waals surface area contributed by atoms with Crippen LogP contribution < -0.4 is 10.6 Å². The Balaban J connectivity index is 2.09. The first kappa shape index (κ1) is 19.4. The second-order valence-electron chi connectivity index (χ2n) is 5.82. The van der Waals surface area contributed by atoms with Crippen LogP contribution in [0.5, 0.6) is 0 Å². The van der Waals surface area contributed by atoms with E-state index in [9.17, 15) is 4.79 Å². The van der Waals surface area contributed by atoms with E-state index < -0.39 is 0 Å². The van der Waals surface area contributed by atoms with Gasteiger partial charge < -0.3 is 15.5 Å². The summed E-state index contributed by atoms with van der Waals surface area (Å²) in [7, 11) is 3.99. The molecule has 1 amide bonds. The predicted octanol–water partition coefficient (Wildman–Crippen LogP) is 3.52. The summed E-state index contributed by atoms with van der Waals surface area (Å²) in [5.74, 6) is 0.737. The van der Waals surface area contributed by atoms with E-state index in [0.717, 1.165) is 13.0 Å². The topological polar surface area (TPSA) is 70.2 Å². The van der Waals surface area contributed by atoms with Gasteiger partial charge >= 0.3 is 0 Å². The molecule has 0 fully saturated rings. The van der Waals surface area contributed by atoms with E-state index in [2.05, 4.69) is 25.5 Å². The van der Waals surface area contributed by atoms with E-state index >= 15 is 0 Å². The quantitative estimate of drug-likeness (QED) is 0.718. The van der Waals surface area contributed by atoms with Crippen molar-refractivity contribution in [2.75, 3.05) is 32.5 Å². The van der Waals surface area contributed by atoms with Crippen LogP contribution in [0.25, 0.3) is 0 Å². The lowest BCUT2D eigenvalue weighted by atomic mass is 10.3. The van der Waals surface area contributed by atoms with Crippen molar-refractivity contribution in [3.8, 4) is 0 Å². The van der Waals surface area contributed by atoms with Crippen LogP contribution in [-0.4, -0.2) is 48.0 Å². The van der Waals surface area contributed by atoms with Crippen LogP contribution in [-0.2, 0) is 0 Å². The fourth-order valence-electron chi connectivity index (χ4n) is 2.17. The van der Waals surface area contributed by atoms with Gasteiger partial charge in [0.25, 0.3) is 5.91 Å². The Kier molecular flexibility index (Phi) is 6.99. The maximum absolute atomic E-state index is 12.3. The average Bonchev–Trinajstić information content (AvgIpc) is 2.55. The molecule has 25 heavy (non-hydrogen) atoms. The van der Waals surface area contributed by atoms with Crippen molar-refractivity contribution < 1.29 is 4.79 Å². The first-order valence-corrected chi connectivity index (χ1v) is 8.62. The van der Waals surface area contributed by atoms with Crippen LogP contribution in [0.3, 0.4) is 0 Å². The number of anilines is 2. The molecule has 2 N–H and O–H groups in total. The van der Waals surface area contributed by atoms with Crippen molar-refractivity contribution >= 4 is 40.6 Å². The van der Waals surface area contributed by atoms with Crippen LogP contribution in [0.1, 0.15) is 22.7 Å². The molecule has 1 heterocycles. The van der Waals surface area contributed by atoms with Crippen LogP contribution >= 0.6 is 23.2 Å². The maximum atomic E-state index is 12.3. The van der Waals surface area contributed by atoms with Crippen molar-refractivity contribution in [3.63, 3.8) is 0 Å². The largest absolute Gasteiger partial charge is 0.351 e. The molecule has 0 bridgehead atoms. The highest BCUT2D eigenvalue weighted by atomic mass is 35.5. The molecular weight excluding hydrogens is 361 g/mol. The molecule has 2 rings (SSSR count).